The minimum absolute atomic E-state index is 0.0815. The Balaban J connectivity index is 2.21. The van der Waals surface area contributed by atoms with Gasteiger partial charge in [0.15, 0.2) is 0 Å². The predicted octanol–water partition coefficient (Wildman–Crippen LogP) is 2.42. The number of nitro benzene ring substituents is 1. The zero-order valence-electron chi connectivity index (χ0n) is 10.4. The van der Waals surface area contributed by atoms with Gasteiger partial charge in [0.05, 0.1) is 16.7 Å². The second kappa shape index (κ2) is 6.27. The number of hydrogen-bond donors (Lipinski definition) is 1. The number of hydrogen-bond acceptors (Lipinski definition) is 6. The molecule has 0 atom stereocenters. The first-order chi connectivity index (χ1) is 9.97. The summed E-state index contributed by atoms with van der Waals surface area (Å²) in [5.74, 6) is -0.944. The normalized spacial score (nSPS) is 10.1. The first kappa shape index (κ1) is 14.9. The number of carbonyl (C=O) groups is 1. The highest BCUT2D eigenvalue weighted by Gasteiger charge is 2.13. The highest BCUT2D eigenvalue weighted by molar-refractivity contribution is 9.10. The molecule has 9 heteroatoms. The zero-order chi connectivity index (χ0) is 15.4. The van der Waals surface area contributed by atoms with Crippen LogP contribution in [0.25, 0.3) is 0 Å². The molecule has 0 bridgehead atoms. The maximum Gasteiger partial charge on any atom is 0.339 e. The van der Waals surface area contributed by atoms with E-state index in [4.69, 9.17) is 9.84 Å². The lowest BCUT2D eigenvalue weighted by molar-refractivity contribution is -0.385. The van der Waals surface area contributed by atoms with E-state index < -0.39 is 10.9 Å². The van der Waals surface area contributed by atoms with Gasteiger partial charge < -0.3 is 9.84 Å². The lowest BCUT2D eigenvalue weighted by Gasteiger charge is -2.07. The molecule has 1 aromatic heterocycles. The minimum atomic E-state index is -1.17. The predicted molar refractivity (Wildman–Crippen MR) is 74.1 cm³/mol. The number of aromatic nitrogens is 2. The standard InChI is InChI=1S/C12H8BrN3O5/c13-7-1-8(16(19)20)3-9(2-7)21-5-11-10(12(17)18)4-14-6-15-11/h1-4,6H,5H2,(H,17,18). The van der Waals surface area contributed by atoms with Gasteiger partial charge in [-0.05, 0) is 6.07 Å². The molecular weight excluding hydrogens is 346 g/mol. The molecule has 1 heterocycles. The van der Waals surface area contributed by atoms with Gasteiger partial charge in [0.2, 0.25) is 0 Å². The summed E-state index contributed by atoms with van der Waals surface area (Å²) in [7, 11) is 0. The van der Waals surface area contributed by atoms with Crippen LogP contribution in [-0.2, 0) is 6.61 Å². The Labute approximate surface area is 126 Å². The zero-order valence-corrected chi connectivity index (χ0v) is 12.0. The third-order valence-corrected chi connectivity index (χ3v) is 2.93. The molecule has 2 aromatic rings. The van der Waals surface area contributed by atoms with Gasteiger partial charge >= 0.3 is 5.97 Å². The van der Waals surface area contributed by atoms with E-state index in [0.29, 0.717) is 4.47 Å². The largest absolute Gasteiger partial charge is 0.487 e. The van der Waals surface area contributed by atoms with E-state index in [1.165, 1.54) is 24.5 Å². The minimum Gasteiger partial charge on any atom is -0.487 e. The summed E-state index contributed by atoms with van der Waals surface area (Å²) >= 11 is 3.14. The van der Waals surface area contributed by atoms with Gasteiger partial charge in [-0.1, -0.05) is 15.9 Å². The molecule has 0 spiro atoms. The van der Waals surface area contributed by atoms with Crippen LogP contribution in [0, 0.1) is 10.1 Å². The van der Waals surface area contributed by atoms with Crippen LogP contribution in [0.3, 0.4) is 0 Å². The summed E-state index contributed by atoms with van der Waals surface area (Å²) in [6, 6.07) is 4.11. The van der Waals surface area contributed by atoms with Crippen LogP contribution in [0.15, 0.2) is 35.2 Å². The van der Waals surface area contributed by atoms with Crippen LogP contribution in [0.1, 0.15) is 16.1 Å². The van der Waals surface area contributed by atoms with Crippen molar-refractivity contribution >= 4 is 27.6 Å². The molecular formula is C12H8BrN3O5. The maximum atomic E-state index is 11.0. The number of nitrogens with zero attached hydrogens (tertiary/aromatic N) is 3. The molecule has 0 fully saturated rings. The van der Waals surface area contributed by atoms with Crippen LogP contribution < -0.4 is 4.74 Å². The molecule has 2 rings (SSSR count). The van der Waals surface area contributed by atoms with Gasteiger partial charge in [-0.3, -0.25) is 10.1 Å². The number of halogens is 1. The smallest absolute Gasteiger partial charge is 0.339 e. The first-order valence-corrected chi connectivity index (χ1v) is 6.36. The summed E-state index contributed by atoms with van der Waals surface area (Å²) < 4.78 is 5.85. The van der Waals surface area contributed by atoms with Crippen LogP contribution in [0.5, 0.6) is 5.75 Å². The summed E-state index contributed by atoms with van der Waals surface area (Å²) in [4.78, 5) is 28.7. The highest BCUT2D eigenvalue weighted by atomic mass is 79.9. The Kier molecular flexibility index (Phi) is 4.43. The van der Waals surface area contributed by atoms with Gasteiger partial charge in [-0.15, -0.1) is 0 Å². The number of non-ortho nitro benzene ring substituents is 1. The SMILES string of the molecule is O=C(O)c1cncnc1COc1cc(Br)cc([N+](=O)[O-])c1. The Morgan fingerprint density at radius 2 is 2.19 bits per heavy atom. The van der Waals surface area contributed by atoms with E-state index >= 15 is 0 Å². The second-order valence-corrected chi connectivity index (χ2v) is 4.79. The molecule has 108 valence electrons. The first-order valence-electron chi connectivity index (χ1n) is 5.57. The van der Waals surface area contributed by atoms with Gasteiger partial charge in [-0.2, -0.15) is 0 Å². The van der Waals surface area contributed by atoms with Gasteiger partial charge in [-0.25, -0.2) is 14.8 Å². The van der Waals surface area contributed by atoms with Crippen molar-refractivity contribution in [2.45, 2.75) is 6.61 Å². The van der Waals surface area contributed by atoms with Crippen LogP contribution in [0.2, 0.25) is 0 Å². The van der Waals surface area contributed by atoms with Crippen molar-refractivity contribution in [1.29, 1.82) is 0 Å². The Morgan fingerprint density at radius 1 is 1.43 bits per heavy atom. The van der Waals surface area contributed by atoms with Crippen molar-refractivity contribution < 1.29 is 19.6 Å². The molecule has 1 N–H and O–H groups in total. The Hall–Kier alpha value is -2.55. The Bertz CT molecular complexity index is 707. The number of rotatable bonds is 5. The molecule has 0 saturated heterocycles. The molecule has 0 aliphatic carbocycles. The average Bonchev–Trinajstić information content (AvgIpc) is 2.44. The number of carboxylic acids is 1. The summed E-state index contributed by atoms with van der Waals surface area (Å²) in [5.41, 5.74) is -0.0392. The summed E-state index contributed by atoms with van der Waals surface area (Å²) in [5, 5.41) is 19.7. The van der Waals surface area contributed by atoms with Crippen molar-refractivity contribution in [3.05, 3.63) is 56.6 Å². The Morgan fingerprint density at radius 3 is 2.86 bits per heavy atom. The average molecular weight is 354 g/mol. The topological polar surface area (TPSA) is 115 Å². The highest BCUT2D eigenvalue weighted by Crippen LogP contribution is 2.26. The van der Waals surface area contributed by atoms with Crippen molar-refractivity contribution in [2.24, 2.45) is 0 Å². The lowest BCUT2D eigenvalue weighted by Crippen LogP contribution is -2.08. The maximum absolute atomic E-state index is 11.0. The van der Waals surface area contributed by atoms with Crippen molar-refractivity contribution in [3.63, 3.8) is 0 Å². The summed E-state index contributed by atoms with van der Waals surface area (Å²) in [6.07, 6.45) is 2.37. The lowest BCUT2D eigenvalue weighted by atomic mass is 10.2. The van der Waals surface area contributed by atoms with Crippen molar-refractivity contribution in [2.75, 3.05) is 0 Å². The fraction of sp³-hybridized carbons (Fsp3) is 0.0833. The number of ether oxygens (including phenoxy) is 1. The molecule has 0 saturated carbocycles. The van der Waals surface area contributed by atoms with Crippen molar-refractivity contribution in [3.8, 4) is 5.75 Å². The fourth-order valence-corrected chi connectivity index (χ4v) is 2.00. The van der Waals surface area contributed by atoms with Crippen LogP contribution >= 0.6 is 15.9 Å². The second-order valence-electron chi connectivity index (χ2n) is 3.88. The third-order valence-electron chi connectivity index (χ3n) is 2.47. The molecule has 1 aromatic carbocycles. The van der Waals surface area contributed by atoms with E-state index in [1.54, 1.807) is 0 Å². The molecule has 21 heavy (non-hydrogen) atoms. The van der Waals surface area contributed by atoms with Gasteiger partial charge in [0.1, 0.15) is 24.2 Å². The monoisotopic (exact) mass is 353 g/mol. The molecule has 0 radical (unpaired) electrons. The molecule has 0 aliphatic rings. The van der Waals surface area contributed by atoms with Crippen LogP contribution in [-0.4, -0.2) is 26.0 Å². The van der Waals surface area contributed by atoms with Crippen LogP contribution in [0.4, 0.5) is 5.69 Å². The van der Waals surface area contributed by atoms with E-state index in [9.17, 15) is 14.9 Å². The quantitative estimate of drug-likeness (QED) is 0.647. The number of benzene rings is 1. The third kappa shape index (κ3) is 3.72. The summed E-state index contributed by atoms with van der Waals surface area (Å²) in [6.45, 7) is -0.141. The molecule has 0 amide bonds. The van der Waals surface area contributed by atoms with E-state index in [1.807, 2.05) is 0 Å². The van der Waals surface area contributed by atoms with Gasteiger partial charge in [0, 0.05) is 16.7 Å². The number of nitro groups is 1. The van der Waals surface area contributed by atoms with Crippen molar-refractivity contribution in [1.82, 2.24) is 9.97 Å². The van der Waals surface area contributed by atoms with E-state index in [0.717, 1.165) is 6.20 Å². The van der Waals surface area contributed by atoms with E-state index in [2.05, 4.69) is 25.9 Å². The fourth-order valence-electron chi connectivity index (χ4n) is 1.54. The molecule has 0 aliphatic heterocycles. The van der Waals surface area contributed by atoms with Gasteiger partial charge in [0.25, 0.3) is 5.69 Å². The van der Waals surface area contributed by atoms with E-state index in [-0.39, 0.29) is 29.3 Å². The number of aromatic carboxylic acids is 1. The molecule has 0 unspecified atom stereocenters. The number of carboxylic acid groups (broad SMARTS) is 1. The molecule has 8 nitrogen and oxygen atoms in total.